The lowest BCUT2D eigenvalue weighted by atomic mass is 10.1. The topological polar surface area (TPSA) is 265 Å². The maximum Gasteiger partial charge on any atom is 0.490 e. The Balaban J connectivity index is 1.75. The van der Waals surface area contributed by atoms with Crippen molar-refractivity contribution in [2.45, 2.75) is 37.9 Å². The molecule has 0 radical (unpaired) electrons. The van der Waals surface area contributed by atoms with Crippen LogP contribution in [0.4, 0.5) is 5.95 Å². The fraction of sp³-hybridized carbons (Fsp3) is 0.500. The lowest BCUT2D eigenvalue weighted by Gasteiger charge is -2.25. The highest BCUT2D eigenvalue weighted by Gasteiger charge is 2.45. The molecule has 1 fully saturated rings. The molecule has 1 aliphatic heterocycles. The van der Waals surface area contributed by atoms with Crippen molar-refractivity contribution in [3.05, 3.63) is 29.3 Å². The number of H-pyrrole nitrogens is 1. The molecule has 2 aromatic rings. The van der Waals surface area contributed by atoms with E-state index in [4.69, 9.17) is 19.0 Å². The van der Waals surface area contributed by atoms with Crippen LogP contribution in [0, 0.1) is 0 Å². The summed E-state index contributed by atoms with van der Waals surface area (Å²) in [5, 5.41) is 13.2. The quantitative estimate of drug-likeness (QED) is 0.142. The molecule has 4 unspecified atom stereocenters. The van der Waals surface area contributed by atoms with Gasteiger partial charge in [0.25, 0.3) is 5.56 Å². The molecule has 35 heavy (non-hydrogen) atoms. The van der Waals surface area contributed by atoms with Gasteiger partial charge >= 0.3 is 23.5 Å². The number of nitrogens with zero attached hydrogens (tertiary/aromatic N) is 3. The van der Waals surface area contributed by atoms with Crippen LogP contribution in [0.1, 0.15) is 19.6 Å². The number of hydrogen-bond donors (Lipinski definition) is 7. The van der Waals surface area contributed by atoms with Gasteiger partial charge in [-0.3, -0.25) is 18.9 Å². The summed E-state index contributed by atoms with van der Waals surface area (Å²) >= 11 is 0. The number of aliphatic hydroxyl groups is 1. The Hall–Kier alpha value is -1.78. The van der Waals surface area contributed by atoms with E-state index in [0.717, 1.165) is 0 Å². The second kappa shape index (κ2) is 10.3. The highest BCUT2D eigenvalue weighted by Crippen LogP contribution is 2.66. The van der Waals surface area contributed by atoms with Crippen LogP contribution in [0.2, 0.25) is 0 Å². The van der Waals surface area contributed by atoms with Crippen LogP contribution >= 0.6 is 23.5 Å². The maximum absolute atomic E-state index is 12.3. The van der Waals surface area contributed by atoms with Crippen molar-refractivity contribution in [2.24, 2.45) is 0 Å². The van der Waals surface area contributed by atoms with Gasteiger partial charge in [0, 0.05) is 13.0 Å². The zero-order valence-electron chi connectivity index (χ0n) is 17.8. The van der Waals surface area contributed by atoms with E-state index in [9.17, 15) is 33.4 Å². The minimum atomic E-state index is -5.71. The summed E-state index contributed by atoms with van der Waals surface area (Å²) in [5.41, 5.74) is -0.452. The Morgan fingerprint density at radius 1 is 1.31 bits per heavy atom. The number of phosphoric acid groups is 3. The van der Waals surface area contributed by atoms with Gasteiger partial charge < -0.3 is 34.7 Å². The fourth-order valence-electron chi connectivity index (χ4n) is 3.23. The smallest absolute Gasteiger partial charge is 0.390 e. The number of fused-ring (bicyclic) bond motifs is 1. The lowest BCUT2D eigenvalue weighted by molar-refractivity contribution is -0.0726. The van der Waals surface area contributed by atoms with Gasteiger partial charge in [0.15, 0.2) is 11.2 Å². The molecular weight excluding hydrogens is 539 g/mol. The Kier molecular flexibility index (Phi) is 8.18. The van der Waals surface area contributed by atoms with Crippen molar-refractivity contribution >= 4 is 40.6 Å². The minimum absolute atomic E-state index is 0.0167. The summed E-state index contributed by atoms with van der Waals surface area (Å²) < 4.78 is 53.3. The molecule has 0 aromatic carbocycles. The average molecular weight is 561 g/mol. The zero-order valence-corrected chi connectivity index (χ0v) is 20.5. The number of anilines is 1. The average Bonchev–Trinajstić information content (AvgIpc) is 3.26. The van der Waals surface area contributed by atoms with E-state index in [0.29, 0.717) is 6.54 Å². The molecule has 1 aliphatic rings. The van der Waals surface area contributed by atoms with Crippen LogP contribution in [0.3, 0.4) is 0 Å². The Morgan fingerprint density at radius 2 is 2.00 bits per heavy atom. The van der Waals surface area contributed by atoms with Gasteiger partial charge in [-0.25, -0.2) is 18.7 Å². The first-order valence-corrected chi connectivity index (χ1v) is 14.1. The summed E-state index contributed by atoms with van der Waals surface area (Å²) in [6, 6.07) is 0. The lowest BCUT2D eigenvalue weighted by Crippen LogP contribution is -2.34. The standard InChI is InChI=1S/C14H22N5O13P3/c1-3-4-15-14-17-12-10(13(21)18-14)16-6-19(12)9-5-8(20)11(29-9)7(2)30-34(25,26)32-35(27,28)31-33(22,23)24/h3,6-9,11,20H,1,4-5H2,2H3,(H,25,26)(H,27,28)(H2,22,23,24)(H2,15,17,18,21)/t7?,8?,9-,11+/m1/s1. The largest absolute Gasteiger partial charge is 0.490 e. The molecule has 3 rings (SSSR count). The van der Waals surface area contributed by atoms with E-state index >= 15 is 0 Å². The number of aromatic nitrogens is 4. The first-order chi connectivity index (χ1) is 16.1. The third-order valence-electron chi connectivity index (χ3n) is 4.47. The first-order valence-electron chi connectivity index (χ1n) is 9.58. The molecule has 6 atom stereocenters. The Labute approximate surface area is 196 Å². The summed E-state index contributed by atoms with van der Waals surface area (Å²) in [5.74, 6) is 0.125. The van der Waals surface area contributed by atoms with Gasteiger partial charge in [0.05, 0.1) is 18.5 Å². The normalized spacial score (nSPS) is 25.1. The van der Waals surface area contributed by atoms with Crippen LogP contribution < -0.4 is 10.9 Å². The molecule has 0 aliphatic carbocycles. The van der Waals surface area contributed by atoms with Crippen LogP contribution in [0.25, 0.3) is 11.2 Å². The van der Waals surface area contributed by atoms with E-state index in [1.54, 1.807) is 6.08 Å². The first kappa shape index (κ1) is 27.8. The van der Waals surface area contributed by atoms with Crippen molar-refractivity contribution in [1.82, 2.24) is 19.5 Å². The summed E-state index contributed by atoms with van der Waals surface area (Å²) in [6.07, 6.45) is -2.28. The van der Waals surface area contributed by atoms with E-state index in [2.05, 4.69) is 35.5 Å². The van der Waals surface area contributed by atoms with Crippen LogP contribution in [0.15, 0.2) is 23.8 Å². The summed E-state index contributed by atoms with van der Waals surface area (Å²) in [6.45, 7) is 5.02. The molecule has 0 amide bonds. The van der Waals surface area contributed by atoms with Crippen molar-refractivity contribution in [3.63, 3.8) is 0 Å². The van der Waals surface area contributed by atoms with Crippen LogP contribution in [-0.4, -0.2) is 69.1 Å². The van der Waals surface area contributed by atoms with Gasteiger partial charge in [0.2, 0.25) is 5.95 Å². The summed E-state index contributed by atoms with van der Waals surface area (Å²) in [4.78, 5) is 59.1. The van der Waals surface area contributed by atoms with Crippen LogP contribution in [0.5, 0.6) is 0 Å². The molecule has 2 aromatic heterocycles. The number of hydrogen-bond acceptors (Lipinski definition) is 12. The van der Waals surface area contributed by atoms with Crippen molar-refractivity contribution in [1.29, 1.82) is 0 Å². The van der Waals surface area contributed by atoms with Gasteiger partial charge in [-0.05, 0) is 6.92 Å². The highest BCUT2D eigenvalue weighted by molar-refractivity contribution is 7.66. The second-order valence-electron chi connectivity index (χ2n) is 7.17. The zero-order chi connectivity index (χ0) is 26.2. The monoisotopic (exact) mass is 561 g/mol. The molecule has 7 N–H and O–H groups in total. The Bertz CT molecular complexity index is 1290. The Morgan fingerprint density at radius 3 is 2.63 bits per heavy atom. The molecular formula is C14H22N5O13P3. The molecule has 21 heteroatoms. The number of aliphatic hydroxyl groups excluding tert-OH is 1. The van der Waals surface area contributed by atoms with E-state index in [1.807, 2.05) is 0 Å². The molecule has 0 spiro atoms. The van der Waals surface area contributed by atoms with E-state index in [1.165, 1.54) is 17.8 Å². The minimum Gasteiger partial charge on any atom is -0.390 e. The second-order valence-corrected chi connectivity index (χ2v) is 11.5. The predicted molar refractivity (Wildman–Crippen MR) is 116 cm³/mol. The number of phosphoric ester groups is 1. The third-order valence-corrected chi connectivity index (χ3v) is 8.40. The molecule has 0 saturated carbocycles. The van der Waals surface area contributed by atoms with Gasteiger partial charge in [0.1, 0.15) is 12.3 Å². The predicted octanol–water partition coefficient (Wildman–Crippen LogP) is 0.0977. The van der Waals surface area contributed by atoms with Crippen LogP contribution in [-0.2, 0) is 31.6 Å². The van der Waals surface area contributed by atoms with Gasteiger partial charge in [-0.1, -0.05) is 6.08 Å². The molecule has 0 bridgehead atoms. The van der Waals surface area contributed by atoms with Crippen molar-refractivity contribution in [3.8, 4) is 0 Å². The van der Waals surface area contributed by atoms with Crippen molar-refractivity contribution < 1.29 is 56.3 Å². The molecule has 18 nitrogen and oxygen atoms in total. The summed E-state index contributed by atoms with van der Waals surface area (Å²) in [7, 11) is -16.7. The van der Waals surface area contributed by atoms with E-state index < -0.39 is 53.6 Å². The van der Waals surface area contributed by atoms with E-state index in [-0.39, 0.29) is 23.5 Å². The van der Waals surface area contributed by atoms with Crippen molar-refractivity contribution in [2.75, 3.05) is 11.9 Å². The maximum atomic E-state index is 12.3. The number of aromatic amines is 1. The molecule has 1 saturated heterocycles. The fourth-order valence-corrected chi connectivity index (χ4v) is 6.43. The van der Waals surface area contributed by atoms with Gasteiger partial charge in [-0.15, -0.1) is 6.58 Å². The SMILES string of the molecule is C=CCNc1nc2c(ncn2[C@H]2CC(O)[C@H](C(C)OP(=O)(O)OP(=O)(O)OP(=O)(O)O)O2)c(=O)[nH]1. The molecule has 3 heterocycles. The molecule has 196 valence electrons. The number of ether oxygens (including phenoxy) is 1. The third kappa shape index (κ3) is 7.13. The number of imidazole rings is 1. The highest BCUT2D eigenvalue weighted by atomic mass is 31.3. The number of rotatable bonds is 11. The van der Waals surface area contributed by atoms with Gasteiger partial charge in [-0.2, -0.15) is 13.6 Å². The number of nitrogens with one attached hydrogen (secondary N) is 2.